The molecule has 0 fully saturated rings. The summed E-state index contributed by atoms with van der Waals surface area (Å²) in [4.78, 5) is 13.8. The number of carbonyl (C=O) groups excluding carboxylic acids is 1. The van der Waals surface area contributed by atoms with E-state index >= 15 is 0 Å². The van der Waals surface area contributed by atoms with Crippen LogP contribution in [0.2, 0.25) is 5.02 Å². The van der Waals surface area contributed by atoms with Crippen molar-refractivity contribution in [2.24, 2.45) is 0 Å². The summed E-state index contributed by atoms with van der Waals surface area (Å²) in [5.41, 5.74) is 0.476. The SMILES string of the molecule is N#CCCN(C(=O)CSc1nnc(C(F)(F)F)n1N)c1cccc(Cl)c1. The number of nitrogens with two attached hydrogens (primary N) is 1. The molecule has 0 aliphatic rings. The van der Waals surface area contributed by atoms with E-state index in [2.05, 4.69) is 10.2 Å². The van der Waals surface area contributed by atoms with E-state index in [1.165, 1.54) is 4.90 Å². The highest BCUT2D eigenvalue weighted by molar-refractivity contribution is 7.99. The highest BCUT2D eigenvalue weighted by Crippen LogP contribution is 2.29. The van der Waals surface area contributed by atoms with Gasteiger partial charge in [-0.15, -0.1) is 10.2 Å². The molecule has 0 spiro atoms. The van der Waals surface area contributed by atoms with Gasteiger partial charge in [0, 0.05) is 17.3 Å². The average Bonchev–Trinajstić information content (AvgIpc) is 2.94. The van der Waals surface area contributed by atoms with E-state index in [1.807, 2.05) is 6.07 Å². The molecule has 0 saturated heterocycles. The van der Waals surface area contributed by atoms with Gasteiger partial charge in [0.25, 0.3) is 5.82 Å². The summed E-state index contributed by atoms with van der Waals surface area (Å²) in [6.07, 6.45) is -4.67. The fourth-order valence-corrected chi connectivity index (χ4v) is 2.89. The lowest BCUT2D eigenvalue weighted by Crippen LogP contribution is -2.33. The maximum atomic E-state index is 12.7. The number of hydrogen-bond donors (Lipinski definition) is 1. The zero-order chi connectivity index (χ0) is 19.3. The number of nitrogen functional groups attached to an aromatic ring is 1. The molecule has 1 amide bonds. The molecule has 138 valence electrons. The molecule has 0 aliphatic heterocycles. The van der Waals surface area contributed by atoms with Crippen LogP contribution in [0.25, 0.3) is 0 Å². The summed E-state index contributed by atoms with van der Waals surface area (Å²) in [7, 11) is 0. The van der Waals surface area contributed by atoms with Crippen LogP contribution in [0.5, 0.6) is 0 Å². The molecule has 1 heterocycles. The Hall–Kier alpha value is -2.45. The summed E-state index contributed by atoms with van der Waals surface area (Å²) in [6, 6.07) is 8.39. The number of alkyl halides is 3. The highest BCUT2D eigenvalue weighted by atomic mass is 35.5. The number of anilines is 1. The maximum absolute atomic E-state index is 12.7. The number of benzene rings is 1. The molecule has 1 aromatic carbocycles. The number of hydrogen-bond acceptors (Lipinski definition) is 6. The van der Waals surface area contributed by atoms with Crippen molar-refractivity contribution in [1.82, 2.24) is 14.9 Å². The van der Waals surface area contributed by atoms with Crippen molar-refractivity contribution in [2.75, 3.05) is 23.0 Å². The minimum absolute atomic E-state index is 0.0776. The minimum Gasteiger partial charge on any atom is -0.335 e. The van der Waals surface area contributed by atoms with Crippen LogP contribution in [-0.4, -0.2) is 33.1 Å². The fraction of sp³-hybridized carbons (Fsp3) is 0.286. The second-order valence-corrected chi connectivity index (χ2v) is 6.27. The first-order valence-corrected chi connectivity index (χ1v) is 8.43. The highest BCUT2D eigenvalue weighted by Gasteiger charge is 2.38. The molecule has 1 aromatic heterocycles. The van der Waals surface area contributed by atoms with Gasteiger partial charge in [0.15, 0.2) is 0 Å². The molecule has 26 heavy (non-hydrogen) atoms. The lowest BCUT2D eigenvalue weighted by Gasteiger charge is -2.21. The third-order valence-electron chi connectivity index (χ3n) is 3.11. The number of amides is 1. The van der Waals surface area contributed by atoms with Crippen LogP contribution in [0.1, 0.15) is 12.2 Å². The lowest BCUT2D eigenvalue weighted by atomic mass is 10.2. The Kier molecular flexibility index (Phi) is 6.33. The predicted molar refractivity (Wildman–Crippen MR) is 89.9 cm³/mol. The Balaban J connectivity index is 2.13. The van der Waals surface area contributed by atoms with Crippen molar-refractivity contribution in [3.63, 3.8) is 0 Å². The second-order valence-electron chi connectivity index (χ2n) is 4.90. The molecule has 0 aliphatic carbocycles. The largest absolute Gasteiger partial charge is 0.453 e. The minimum atomic E-state index is -4.75. The van der Waals surface area contributed by atoms with Crippen LogP contribution < -0.4 is 10.7 Å². The van der Waals surface area contributed by atoms with E-state index in [0.29, 0.717) is 22.5 Å². The number of thioether (sulfide) groups is 1. The number of nitriles is 1. The van der Waals surface area contributed by atoms with E-state index < -0.39 is 17.9 Å². The summed E-state index contributed by atoms with van der Waals surface area (Å²) in [5.74, 6) is 3.29. The van der Waals surface area contributed by atoms with Crippen molar-refractivity contribution < 1.29 is 18.0 Å². The number of rotatable bonds is 6. The Morgan fingerprint density at radius 1 is 1.42 bits per heavy atom. The third-order valence-corrected chi connectivity index (χ3v) is 4.27. The maximum Gasteiger partial charge on any atom is 0.453 e. The molecule has 2 rings (SSSR count). The molecule has 0 bridgehead atoms. The van der Waals surface area contributed by atoms with Crippen molar-refractivity contribution in [1.29, 1.82) is 5.26 Å². The van der Waals surface area contributed by atoms with Crippen molar-refractivity contribution in [2.45, 2.75) is 17.8 Å². The molecule has 0 unspecified atom stereocenters. The molecular weight excluding hydrogens is 393 g/mol. The smallest absolute Gasteiger partial charge is 0.335 e. The summed E-state index contributed by atoms with van der Waals surface area (Å²) in [5, 5.41) is 15.2. The van der Waals surface area contributed by atoms with Crippen molar-refractivity contribution in [3.05, 3.63) is 35.1 Å². The van der Waals surface area contributed by atoms with Gasteiger partial charge in [0.05, 0.1) is 18.2 Å². The zero-order valence-electron chi connectivity index (χ0n) is 13.1. The van der Waals surface area contributed by atoms with E-state index in [-0.39, 0.29) is 28.6 Å². The fourth-order valence-electron chi connectivity index (χ4n) is 1.98. The molecule has 0 atom stereocenters. The van der Waals surface area contributed by atoms with Crippen LogP contribution in [0.15, 0.2) is 29.4 Å². The Bertz CT molecular complexity index is 835. The van der Waals surface area contributed by atoms with E-state index in [9.17, 15) is 18.0 Å². The standard InChI is InChI=1S/C14H12ClF3N6OS/c15-9-3-1-4-10(7-9)23(6-2-5-19)11(25)8-26-13-22-21-12(24(13)20)14(16,17)18/h1,3-4,7H,2,6,8,20H2. The topological polar surface area (TPSA) is 101 Å². The second kappa shape index (κ2) is 8.29. The number of aromatic nitrogens is 3. The molecule has 2 aromatic rings. The van der Waals surface area contributed by atoms with Gasteiger partial charge in [-0.25, -0.2) is 4.68 Å². The Morgan fingerprint density at radius 3 is 2.73 bits per heavy atom. The van der Waals surface area contributed by atoms with Crippen molar-refractivity contribution >= 4 is 35.0 Å². The van der Waals surface area contributed by atoms with Gasteiger partial charge in [-0.3, -0.25) is 4.79 Å². The first-order valence-electron chi connectivity index (χ1n) is 7.07. The predicted octanol–water partition coefficient (Wildman–Crippen LogP) is 2.70. The average molecular weight is 405 g/mol. The Labute approximate surface area is 155 Å². The Morgan fingerprint density at radius 2 is 2.15 bits per heavy atom. The van der Waals surface area contributed by atoms with Crippen LogP contribution >= 0.6 is 23.4 Å². The third kappa shape index (κ3) is 4.80. The summed E-state index contributed by atoms with van der Waals surface area (Å²) >= 11 is 6.62. The van der Waals surface area contributed by atoms with Gasteiger partial charge >= 0.3 is 6.18 Å². The lowest BCUT2D eigenvalue weighted by molar-refractivity contribution is -0.146. The van der Waals surface area contributed by atoms with Gasteiger partial charge in [-0.1, -0.05) is 29.4 Å². The molecular formula is C14H12ClF3N6OS. The van der Waals surface area contributed by atoms with Crippen LogP contribution in [0, 0.1) is 11.3 Å². The molecule has 7 nitrogen and oxygen atoms in total. The van der Waals surface area contributed by atoms with E-state index in [0.717, 1.165) is 0 Å². The first kappa shape index (κ1) is 19.9. The van der Waals surface area contributed by atoms with Gasteiger partial charge in [-0.2, -0.15) is 18.4 Å². The van der Waals surface area contributed by atoms with Gasteiger partial charge < -0.3 is 10.7 Å². The summed E-state index contributed by atoms with van der Waals surface area (Å²) < 4.78 is 38.3. The van der Waals surface area contributed by atoms with Crippen LogP contribution in [0.4, 0.5) is 18.9 Å². The van der Waals surface area contributed by atoms with Gasteiger partial charge in [0.2, 0.25) is 11.1 Å². The van der Waals surface area contributed by atoms with E-state index in [4.69, 9.17) is 22.7 Å². The van der Waals surface area contributed by atoms with Gasteiger partial charge in [0.1, 0.15) is 0 Å². The van der Waals surface area contributed by atoms with Crippen LogP contribution in [0.3, 0.4) is 0 Å². The van der Waals surface area contributed by atoms with Gasteiger partial charge in [-0.05, 0) is 18.2 Å². The normalized spacial score (nSPS) is 11.2. The summed E-state index contributed by atoms with van der Waals surface area (Å²) in [6.45, 7) is 0.110. The monoisotopic (exact) mass is 404 g/mol. The molecule has 0 saturated carbocycles. The zero-order valence-corrected chi connectivity index (χ0v) is 14.6. The molecule has 2 N–H and O–H groups in total. The van der Waals surface area contributed by atoms with Crippen LogP contribution in [-0.2, 0) is 11.0 Å². The molecule has 0 radical (unpaired) electrons. The number of carbonyl (C=O) groups is 1. The number of halogens is 4. The van der Waals surface area contributed by atoms with Crippen molar-refractivity contribution in [3.8, 4) is 6.07 Å². The quantitative estimate of drug-likeness (QED) is 0.586. The molecule has 12 heteroatoms. The first-order chi connectivity index (χ1) is 12.2. The van der Waals surface area contributed by atoms with E-state index in [1.54, 1.807) is 24.3 Å². The number of nitrogens with zero attached hydrogens (tertiary/aromatic N) is 5.